The van der Waals surface area contributed by atoms with E-state index >= 15 is 0 Å². The second-order valence-corrected chi connectivity index (χ2v) is 4.16. The summed E-state index contributed by atoms with van der Waals surface area (Å²) in [6.07, 6.45) is 0. The molecule has 0 aliphatic heterocycles. The van der Waals surface area contributed by atoms with Crippen molar-refractivity contribution in [2.45, 2.75) is 6.92 Å². The lowest BCUT2D eigenvalue weighted by atomic mass is 10.1. The molecule has 7 nitrogen and oxygen atoms in total. The molecule has 1 amide bonds. The molecule has 0 radical (unpaired) electrons. The summed E-state index contributed by atoms with van der Waals surface area (Å²) >= 11 is 0. The van der Waals surface area contributed by atoms with Gasteiger partial charge in [-0.15, -0.1) is 0 Å². The molecule has 110 valence electrons. The van der Waals surface area contributed by atoms with Gasteiger partial charge in [0.2, 0.25) is 0 Å². The van der Waals surface area contributed by atoms with Gasteiger partial charge in [0, 0.05) is 45.1 Å². The molecular weight excluding hydrogens is 262 g/mol. The van der Waals surface area contributed by atoms with Gasteiger partial charge in [0.25, 0.3) is 11.6 Å². The van der Waals surface area contributed by atoms with E-state index in [1.807, 2.05) is 6.92 Å². The summed E-state index contributed by atoms with van der Waals surface area (Å²) in [5, 5.41) is 13.7. The Hall–Kier alpha value is -2.15. The lowest BCUT2D eigenvalue weighted by Gasteiger charge is -2.18. The van der Waals surface area contributed by atoms with E-state index in [1.54, 1.807) is 14.1 Å². The van der Waals surface area contributed by atoms with E-state index in [9.17, 15) is 14.9 Å². The molecule has 0 aliphatic carbocycles. The SMILES string of the molecule is CCOCCN(C)C(=O)c1cc([N+](=O)[O-])ccc1NC. The summed E-state index contributed by atoms with van der Waals surface area (Å²) in [7, 11) is 3.30. The van der Waals surface area contributed by atoms with Crippen LogP contribution in [0, 0.1) is 10.1 Å². The number of carbonyl (C=O) groups is 1. The standard InChI is InChI=1S/C13H19N3O4/c1-4-20-8-7-15(3)13(17)11-9-10(16(18)19)5-6-12(11)14-2/h5-6,9,14H,4,7-8H2,1-3H3. The molecule has 0 spiro atoms. The van der Waals surface area contributed by atoms with Crippen LogP contribution in [-0.4, -0.2) is 49.6 Å². The first-order valence-corrected chi connectivity index (χ1v) is 6.30. The summed E-state index contributed by atoms with van der Waals surface area (Å²) in [5.74, 6) is -0.280. The van der Waals surface area contributed by atoms with Crippen LogP contribution >= 0.6 is 0 Å². The highest BCUT2D eigenvalue weighted by molar-refractivity contribution is 6.00. The number of nitro groups is 1. The van der Waals surface area contributed by atoms with Gasteiger partial charge in [-0.1, -0.05) is 0 Å². The summed E-state index contributed by atoms with van der Waals surface area (Å²) < 4.78 is 5.19. The normalized spacial score (nSPS) is 10.2. The average molecular weight is 281 g/mol. The number of carbonyl (C=O) groups excluding carboxylic acids is 1. The predicted molar refractivity (Wildman–Crippen MR) is 76.1 cm³/mol. The van der Waals surface area contributed by atoms with Crippen LogP contribution in [0.4, 0.5) is 11.4 Å². The Morgan fingerprint density at radius 2 is 2.20 bits per heavy atom. The Balaban J connectivity index is 2.94. The molecule has 0 fully saturated rings. The van der Waals surface area contributed by atoms with Gasteiger partial charge in [-0.2, -0.15) is 0 Å². The number of amides is 1. The van der Waals surface area contributed by atoms with Crippen LogP contribution in [0.25, 0.3) is 0 Å². The van der Waals surface area contributed by atoms with Crippen LogP contribution in [0.5, 0.6) is 0 Å². The van der Waals surface area contributed by atoms with Gasteiger partial charge in [-0.05, 0) is 13.0 Å². The molecule has 0 atom stereocenters. The fourth-order valence-corrected chi connectivity index (χ4v) is 1.69. The fourth-order valence-electron chi connectivity index (χ4n) is 1.69. The van der Waals surface area contributed by atoms with Gasteiger partial charge in [0.15, 0.2) is 0 Å². The van der Waals surface area contributed by atoms with E-state index < -0.39 is 4.92 Å². The average Bonchev–Trinajstić information content (AvgIpc) is 2.45. The van der Waals surface area contributed by atoms with E-state index in [0.29, 0.717) is 25.4 Å². The molecule has 0 saturated heterocycles. The number of hydrogen-bond donors (Lipinski definition) is 1. The zero-order valence-corrected chi connectivity index (χ0v) is 11.9. The van der Waals surface area contributed by atoms with Crippen LogP contribution in [0.15, 0.2) is 18.2 Å². The third-order valence-electron chi connectivity index (χ3n) is 2.84. The van der Waals surface area contributed by atoms with Gasteiger partial charge in [0.05, 0.1) is 17.1 Å². The molecule has 0 bridgehead atoms. The highest BCUT2D eigenvalue weighted by Crippen LogP contribution is 2.22. The molecule has 1 aromatic carbocycles. The van der Waals surface area contributed by atoms with E-state index in [2.05, 4.69) is 5.32 Å². The van der Waals surface area contributed by atoms with Crippen molar-refractivity contribution in [3.8, 4) is 0 Å². The topological polar surface area (TPSA) is 84.7 Å². The van der Waals surface area contributed by atoms with E-state index in [-0.39, 0.29) is 17.2 Å². The van der Waals surface area contributed by atoms with Crippen LogP contribution in [0.3, 0.4) is 0 Å². The Kier molecular flexibility index (Phi) is 5.92. The van der Waals surface area contributed by atoms with Gasteiger partial charge in [-0.25, -0.2) is 0 Å². The van der Waals surface area contributed by atoms with Crippen LogP contribution in [0.2, 0.25) is 0 Å². The minimum absolute atomic E-state index is 0.106. The first-order valence-electron chi connectivity index (χ1n) is 6.30. The fraction of sp³-hybridized carbons (Fsp3) is 0.462. The van der Waals surface area contributed by atoms with Crippen LogP contribution in [-0.2, 0) is 4.74 Å². The van der Waals surface area contributed by atoms with Crippen molar-refractivity contribution < 1.29 is 14.5 Å². The number of nitrogens with zero attached hydrogens (tertiary/aromatic N) is 2. The maximum Gasteiger partial charge on any atom is 0.270 e. The van der Waals surface area contributed by atoms with Gasteiger partial charge in [0.1, 0.15) is 0 Å². The number of benzene rings is 1. The third-order valence-corrected chi connectivity index (χ3v) is 2.84. The largest absolute Gasteiger partial charge is 0.387 e. The van der Waals surface area contributed by atoms with E-state index in [1.165, 1.54) is 23.1 Å². The number of rotatable bonds is 7. The summed E-state index contributed by atoms with van der Waals surface area (Å²) in [6, 6.07) is 4.18. The Bertz CT molecular complexity index is 491. The highest BCUT2D eigenvalue weighted by atomic mass is 16.6. The molecule has 0 saturated carbocycles. The summed E-state index contributed by atoms with van der Waals surface area (Å²) in [4.78, 5) is 24.1. The van der Waals surface area contributed by atoms with Crippen molar-refractivity contribution >= 4 is 17.3 Å². The minimum Gasteiger partial charge on any atom is -0.387 e. The number of hydrogen-bond acceptors (Lipinski definition) is 5. The number of nitro benzene ring substituents is 1. The predicted octanol–water partition coefficient (Wildman–Crippen LogP) is 1.75. The smallest absolute Gasteiger partial charge is 0.270 e. The van der Waals surface area contributed by atoms with E-state index in [0.717, 1.165) is 0 Å². The molecule has 0 unspecified atom stereocenters. The molecule has 1 N–H and O–H groups in total. The molecule has 0 aliphatic rings. The molecule has 0 aromatic heterocycles. The molecule has 1 rings (SSSR count). The quantitative estimate of drug-likeness (QED) is 0.467. The molecule has 7 heteroatoms. The van der Waals surface area contributed by atoms with Gasteiger partial charge >= 0.3 is 0 Å². The van der Waals surface area contributed by atoms with Crippen molar-refractivity contribution in [2.24, 2.45) is 0 Å². The molecule has 1 aromatic rings. The first-order chi connectivity index (χ1) is 9.51. The molecular formula is C13H19N3O4. The highest BCUT2D eigenvalue weighted by Gasteiger charge is 2.19. The van der Waals surface area contributed by atoms with Crippen molar-refractivity contribution in [2.75, 3.05) is 39.2 Å². The third kappa shape index (κ3) is 3.92. The second kappa shape index (κ2) is 7.44. The Morgan fingerprint density at radius 3 is 2.75 bits per heavy atom. The monoisotopic (exact) mass is 281 g/mol. The first kappa shape index (κ1) is 15.9. The number of ether oxygens (including phenoxy) is 1. The molecule has 20 heavy (non-hydrogen) atoms. The van der Waals surface area contributed by atoms with Crippen LogP contribution < -0.4 is 5.32 Å². The number of nitrogens with one attached hydrogen (secondary N) is 1. The maximum atomic E-state index is 12.3. The van der Waals surface area contributed by atoms with Crippen LogP contribution in [0.1, 0.15) is 17.3 Å². The van der Waals surface area contributed by atoms with Crippen molar-refractivity contribution in [1.82, 2.24) is 4.90 Å². The number of non-ortho nitro benzene ring substituents is 1. The number of likely N-dealkylation sites (N-methyl/N-ethyl adjacent to an activating group) is 1. The Labute approximate surface area is 117 Å². The second-order valence-electron chi connectivity index (χ2n) is 4.16. The van der Waals surface area contributed by atoms with Crippen molar-refractivity contribution in [3.05, 3.63) is 33.9 Å². The lowest BCUT2D eigenvalue weighted by Crippen LogP contribution is -2.30. The van der Waals surface area contributed by atoms with E-state index in [4.69, 9.17) is 4.74 Å². The van der Waals surface area contributed by atoms with Crippen molar-refractivity contribution in [1.29, 1.82) is 0 Å². The summed E-state index contributed by atoms with van der Waals surface area (Å²) in [6.45, 7) is 3.32. The van der Waals surface area contributed by atoms with Crippen molar-refractivity contribution in [3.63, 3.8) is 0 Å². The lowest BCUT2D eigenvalue weighted by molar-refractivity contribution is -0.384. The molecule has 0 heterocycles. The minimum atomic E-state index is -0.517. The van der Waals surface area contributed by atoms with Gasteiger partial charge < -0.3 is 15.0 Å². The number of anilines is 1. The summed E-state index contributed by atoms with van der Waals surface area (Å²) in [5.41, 5.74) is 0.732. The van der Waals surface area contributed by atoms with Gasteiger partial charge in [-0.3, -0.25) is 14.9 Å². The zero-order chi connectivity index (χ0) is 15.1. The Morgan fingerprint density at radius 1 is 1.50 bits per heavy atom. The zero-order valence-electron chi connectivity index (χ0n) is 11.9. The maximum absolute atomic E-state index is 12.3.